The summed E-state index contributed by atoms with van der Waals surface area (Å²) in [5.41, 5.74) is 5.87. The van der Waals surface area contributed by atoms with Gasteiger partial charge < -0.3 is 63.6 Å². The van der Waals surface area contributed by atoms with Gasteiger partial charge in [0.15, 0.2) is 23.0 Å². The molecule has 0 saturated carbocycles. The maximum atomic E-state index is 13.6. The van der Waals surface area contributed by atoms with Crippen LogP contribution in [0.5, 0.6) is 23.0 Å². The quantitative estimate of drug-likeness (QED) is 0.0386. The van der Waals surface area contributed by atoms with Gasteiger partial charge in [-0.2, -0.15) is 0 Å². The van der Waals surface area contributed by atoms with Crippen molar-refractivity contribution in [1.29, 1.82) is 0 Å². The Balaban J connectivity index is 0.885. The number of halogens is 1. The molecule has 0 aromatic heterocycles. The fraction of sp³-hybridized carbons (Fsp3) is 0.436. The van der Waals surface area contributed by atoms with Gasteiger partial charge in [0.05, 0.1) is 114 Å². The third kappa shape index (κ3) is 16.2. The normalized spacial score (nSPS) is 16.1. The predicted molar refractivity (Wildman–Crippen MR) is 287 cm³/mol. The van der Waals surface area contributed by atoms with Crippen molar-refractivity contribution in [3.05, 3.63) is 94.6 Å². The number of hydrogen-bond donors (Lipinski definition) is 3. The minimum Gasteiger partial charge on any atom is -0.493 e. The number of alkyl halides is 1. The molecule has 76 heavy (non-hydrogen) atoms. The number of amides is 5. The molecule has 3 N–H and O–H groups in total. The molecule has 0 radical (unpaired) electrons. The summed E-state index contributed by atoms with van der Waals surface area (Å²) in [5.74, 6) is 6.88. The van der Waals surface area contributed by atoms with Gasteiger partial charge in [0.2, 0.25) is 17.7 Å². The number of hydrogen-bond acceptors (Lipinski definition) is 15. The van der Waals surface area contributed by atoms with Crippen molar-refractivity contribution in [3.8, 4) is 34.8 Å². The number of nitrogens with one attached hydrogen (secondary N) is 3. The van der Waals surface area contributed by atoms with Gasteiger partial charge in [0, 0.05) is 69.1 Å². The molecule has 4 aliphatic heterocycles. The van der Waals surface area contributed by atoms with Crippen LogP contribution < -0.4 is 34.9 Å². The van der Waals surface area contributed by atoms with Crippen LogP contribution in [0.4, 0.5) is 11.4 Å². The van der Waals surface area contributed by atoms with Crippen molar-refractivity contribution in [2.24, 2.45) is 9.98 Å². The zero-order chi connectivity index (χ0) is 53.8. The maximum Gasteiger partial charge on any atom is 0.257 e. The molecule has 1 unspecified atom stereocenters. The Morgan fingerprint density at radius 3 is 1.62 bits per heavy atom. The molecule has 4 aliphatic rings. The summed E-state index contributed by atoms with van der Waals surface area (Å²) in [6.07, 6.45) is 5.21. The molecule has 3 aromatic rings. The van der Waals surface area contributed by atoms with Crippen LogP contribution in [0, 0.1) is 11.8 Å². The van der Waals surface area contributed by atoms with Crippen molar-refractivity contribution in [2.45, 2.75) is 51.0 Å². The van der Waals surface area contributed by atoms with Gasteiger partial charge in [-0.3, -0.25) is 34.0 Å². The fourth-order valence-electron chi connectivity index (χ4n) is 8.55. The van der Waals surface area contributed by atoms with Crippen LogP contribution in [-0.4, -0.2) is 169 Å². The first-order valence-corrected chi connectivity index (χ1v) is 26.1. The number of benzene rings is 3. The fourth-order valence-corrected chi connectivity index (χ4v) is 8.75. The minimum atomic E-state index is -0.224. The molecule has 4 heterocycles. The number of aliphatic imine (C=N–C) groups is 2. The molecule has 0 spiro atoms. The predicted octanol–water partition coefficient (Wildman–Crippen LogP) is 4.78. The van der Waals surface area contributed by atoms with Crippen molar-refractivity contribution < 1.29 is 61.9 Å². The lowest BCUT2D eigenvalue weighted by atomic mass is 10.1. The van der Waals surface area contributed by atoms with E-state index < -0.39 is 0 Å². The molecule has 5 amide bonds. The van der Waals surface area contributed by atoms with Gasteiger partial charge in [-0.1, -0.05) is 52.1 Å². The van der Waals surface area contributed by atoms with E-state index in [1.54, 1.807) is 46.5 Å². The van der Waals surface area contributed by atoms with Gasteiger partial charge in [-0.15, -0.1) is 0 Å². The lowest BCUT2D eigenvalue weighted by Crippen LogP contribution is -2.35. The summed E-state index contributed by atoms with van der Waals surface area (Å²) in [5, 5.41) is 8.34. The molecule has 2 saturated heterocycles. The molecule has 404 valence electrons. The molecular formula is C55H64BrN7O13. The first-order valence-electron chi connectivity index (χ1n) is 24.9. The number of carbonyl (C=O) groups is 5. The summed E-state index contributed by atoms with van der Waals surface area (Å²) in [7, 11) is 3.03. The van der Waals surface area contributed by atoms with Gasteiger partial charge in [0.1, 0.15) is 13.2 Å². The summed E-state index contributed by atoms with van der Waals surface area (Å²) in [6.45, 7) is 12.7. The number of methoxy groups -OCH3 is 2. The molecule has 3 aromatic carbocycles. The van der Waals surface area contributed by atoms with E-state index in [4.69, 9.17) is 37.9 Å². The van der Waals surface area contributed by atoms with Gasteiger partial charge >= 0.3 is 0 Å². The van der Waals surface area contributed by atoms with E-state index in [9.17, 15) is 24.0 Å². The van der Waals surface area contributed by atoms with Crippen LogP contribution >= 0.6 is 15.9 Å². The van der Waals surface area contributed by atoms with Crippen LogP contribution in [0.3, 0.4) is 0 Å². The molecule has 7 rings (SSSR count). The lowest BCUT2D eigenvalue weighted by Gasteiger charge is -2.20. The monoisotopic (exact) mass is 1110 g/mol. The second-order valence-electron chi connectivity index (χ2n) is 18.0. The number of fused-ring (bicyclic) bond motifs is 4. The Kier molecular flexibility index (Phi) is 21.4. The highest BCUT2D eigenvalue weighted by molar-refractivity contribution is 9.09. The highest BCUT2D eigenvalue weighted by Gasteiger charge is 2.36. The Labute approximate surface area is 450 Å². The van der Waals surface area contributed by atoms with Crippen LogP contribution in [0.2, 0.25) is 0 Å². The van der Waals surface area contributed by atoms with Crippen LogP contribution in [0.15, 0.2) is 76.8 Å². The SMILES string of the molecule is C=C1CC2C=Nc3cc(OCc4cc(C#CCNC(=O)CCOCCOCCOCCOCCNC(=O)CCNC(=O)CBr)cc(COc5cc6c(cc5OC)C(=O)N5CC(=C)C[C@H]5C=N6)c4)c(OC)cc3C(=O)N2C1. The van der Waals surface area contributed by atoms with E-state index in [0.717, 1.165) is 22.3 Å². The molecular weight excluding hydrogens is 1050 g/mol. The molecule has 0 bridgehead atoms. The van der Waals surface area contributed by atoms with Crippen LogP contribution in [0.1, 0.15) is 63.1 Å². The number of carbonyl (C=O) groups excluding carboxylic acids is 5. The highest BCUT2D eigenvalue weighted by atomic mass is 79.9. The zero-order valence-corrected chi connectivity index (χ0v) is 44.5. The maximum absolute atomic E-state index is 13.6. The first kappa shape index (κ1) is 56.6. The highest BCUT2D eigenvalue weighted by Crippen LogP contribution is 2.40. The van der Waals surface area contributed by atoms with Crippen LogP contribution in [0.25, 0.3) is 0 Å². The molecule has 2 fully saturated rings. The minimum absolute atomic E-state index is 0.0893. The molecule has 2 atom stereocenters. The number of ether oxygens (including phenoxy) is 8. The van der Waals surface area contributed by atoms with Crippen molar-refractivity contribution in [1.82, 2.24) is 25.8 Å². The summed E-state index contributed by atoms with van der Waals surface area (Å²) in [6, 6.07) is 12.1. The average Bonchev–Trinajstić information content (AvgIpc) is 3.93. The number of nitrogens with zero attached hydrogens (tertiary/aromatic N) is 4. The van der Waals surface area contributed by atoms with E-state index in [0.29, 0.717) is 130 Å². The Morgan fingerprint density at radius 2 is 1.11 bits per heavy atom. The van der Waals surface area contributed by atoms with Crippen molar-refractivity contribution in [2.75, 3.05) is 105 Å². The van der Waals surface area contributed by atoms with E-state index in [-0.39, 0.29) is 92.7 Å². The largest absolute Gasteiger partial charge is 0.493 e. The lowest BCUT2D eigenvalue weighted by molar-refractivity contribution is -0.123. The van der Waals surface area contributed by atoms with E-state index >= 15 is 0 Å². The van der Waals surface area contributed by atoms with Crippen molar-refractivity contribution >= 4 is 69.3 Å². The second kappa shape index (κ2) is 28.7. The third-order valence-electron chi connectivity index (χ3n) is 12.3. The van der Waals surface area contributed by atoms with Gasteiger partial charge in [0.25, 0.3) is 11.8 Å². The van der Waals surface area contributed by atoms with Crippen molar-refractivity contribution in [3.63, 3.8) is 0 Å². The van der Waals surface area contributed by atoms with Gasteiger partial charge in [-0.05, 0) is 54.3 Å². The Hall–Kier alpha value is -7.09. The van der Waals surface area contributed by atoms with E-state index in [2.05, 4.69) is 66.9 Å². The Morgan fingerprint density at radius 1 is 0.618 bits per heavy atom. The number of rotatable bonds is 28. The molecule has 21 heteroatoms. The zero-order valence-electron chi connectivity index (χ0n) is 42.9. The summed E-state index contributed by atoms with van der Waals surface area (Å²) >= 11 is 3.05. The van der Waals surface area contributed by atoms with Crippen LogP contribution in [-0.2, 0) is 46.5 Å². The second-order valence-corrected chi connectivity index (χ2v) is 18.5. The van der Waals surface area contributed by atoms with E-state index in [1.165, 1.54) is 14.2 Å². The topological polar surface area (TPSA) is 226 Å². The summed E-state index contributed by atoms with van der Waals surface area (Å²) in [4.78, 5) is 75.6. The molecule has 20 nitrogen and oxygen atoms in total. The van der Waals surface area contributed by atoms with Gasteiger partial charge in [-0.25, -0.2) is 0 Å². The summed E-state index contributed by atoms with van der Waals surface area (Å²) < 4.78 is 46.2. The smallest absolute Gasteiger partial charge is 0.257 e. The standard InChI is InChI=1S/C55H64BrN7O13/c1-36-20-41-30-60-45-27-49(47(69-3)25-43(45)54(67)62(41)32-36)75-34-39-22-38(23-40(24-39)35-76-50-28-46-44(26-48(50)70-4)55(68)63-33-37(2)21-42(63)31-61-46)6-5-9-57-52(65)8-12-71-14-16-73-18-19-74-17-15-72-13-11-59-51(64)7-10-58-53(66)29-56/h22-28,30-31,41-42H,1-2,7-21,29,32-35H2,3-4H3,(H,57,65)(H,58,66)(H,59,64)/t41-,42?/m0/s1. The molecule has 0 aliphatic carbocycles. The first-order chi connectivity index (χ1) is 36.9. The third-order valence-corrected chi connectivity index (χ3v) is 12.8. The van der Waals surface area contributed by atoms with E-state index in [1.807, 2.05) is 18.2 Å². The average molecular weight is 1110 g/mol. The Bertz CT molecular complexity index is 2620.